The van der Waals surface area contributed by atoms with Crippen molar-refractivity contribution in [2.24, 2.45) is 0 Å². The molecule has 0 heterocycles. The quantitative estimate of drug-likeness (QED) is 0.655. The van der Waals surface area contributed by atoms with Gasteiger partial charge in [0.05, 0.1) is 23.2 Å². The van der Waals surface area contributed by atoms with Gasteiger partial charge in [0.25, 0.3) is 0 Å². The molecular weight excluding hydrogens is 335 g/mol. The maximum atomic E-state index is 12.8. The predicted octanol–water partition coefficient (Wildman–Crippen LogP) is 2.01. The van der Waals surface area contributed by atoms with Gasteiger partial charge in [-0.15, -0.1) is 0 Å². The zero-order valence-corrected chi connectivity index (χ0v) is 13.4. The molecule has 0 spiro atoms. The van der Waals surface area contributed by atoms with Gasteiger partial charge in [-0.2, -0.15) is 13.2 Å². The van der Waals surface area contributed by atoms with Gasteiger partial charge in [-0.1, -0.05) is 0 Å². The lowest BCUT2D eigenvalue weighted by atomic mass is 10.1. The highest BCUT2D eigenvalue weighted by Crippen LogP contribution is 2.34. The maximum absolute atomic E-state index is 12.8. The standard InChI is InChI=1S/C13H18F3N3O3S/c1-17-7-3-4-12(20)18-11-8-9(13(14,15)16)5-6-10(11)19-23(2,21)22/h5-6,8,17,19H,3-4,7H2,1-2H3,(H,18,20). The van der Waals surface area contributed by atoms with Crippen molar-refractivity contribution >= 4 is 27.3 Å². The maximum Gasteiger partial charge on any atom is 0.416 e. The van der Waals surface area contributed by atoms with Crippen molar-refractivity contribution in [1.29, 1.82) is 0 Å². The van der Waals surface area contributed by atoms with Crippen molar-refractivity contribution in [2.45, 2.75) is 19.0 Å². The zero-order chi connectivity index (χ0) is 17.7. The van der Waals surface area contributed by atoms with Gasteiger partial charge in [-0.25, -0.2) is 8.42 Å². The van der Waals surface area contributed by atoms with Crippen LogP contribution in [0.15, 0.2) is 18.2 Å². The number of carbonyl (C=O) groups is 1. The molecule has 0 saturated carbocycles. The van der Waals surface area contributed by atoms with Crippen molar-refractivity contribution in [3.63, 3.8) is 0 Å². The van der Waals surface area contributed by atoms with Crippen LogP contribution in [0, 0.1) is 0 Å². The fraction of sp³-hybridized carbons (Fsp3) is 0.462. The first-order valence-electron chi connectivity index (χ1n) is 6.66. The van der Waals surface area contributed by atoms with E-state index < -0.39 is 27.7 Å². The lowest BCUT2D eigenvalue weighted by molar-refractivity contribution is -0.137. The molecule has 23 heavy (non-hydrogen) atoms. The Kier molecular flexibility index (Phi) is 6.39. The summed E-state index contributed by atoms with van der Waals surface area (Å²) in [6.07, 6.45) is -3.15. The number of sulfonamides is 1. The zero-order valence-electron chi connectivity index (χ0n) is 12.6. The molecule has 130 valence electrons. The van der Waals surface area contributed by atoms with E-state index in [9.17, 15) is 26.4 Å². The summed E-state index contributed by atoms with van der Waals surface area (Å²) >= 11 is 0. The second kappa shape index (κ2) is 7.64. The molecule has 0 unspecified atom stereocenters. The lowest BCUT2D eigenvalue weighted by Gasteiger charge is -2.15. The monoisotopic (exact) mass is 353 g/mol. The Morgan fingerprint density at radius 2 is 1.87 bits per heavy atom. The number of hydrogen-bond donors (Lipinski definition) is 3. The Morgan fingerprint density at radius 1 is 1.22 bits per heavy atom. The molecule has 10 heteroatoms. The van der Waals surface area contributed by atoms with Crippen molar-refractivity contribution in [2.75, 3.05) is 29.9 Å². The number of carbonyl (C=O) groups excluding carboxylic acids is 1. The Labute approximate surface area is 132 Å². The van der Waals surface area contributed by atoms with Gasteiger partial charge in [0.2, 0.25) is 15.9 Å². The van der Waals surface area contributed by atoms with E-state index in [1.165, 1.54) is 0 Å². The van der Waals surface area contributed by atoms with E-state index in [-0.39, 0.29) is 17.8 Å². The van der Waals surface area contributed by atoms with Crippen molar-refractivity contribution < 1.29 is 26.4 Å². The molecule has 0 fully saturated rings. The van der Waals surface area contributed by atoms with Gasteiger partial charge in [0.1, 0.15) is 0 Å². The molecular formula is C13H18F3N3O3S. The Bertz CT molecular complexity index is 660. The normalized spacial score (nSPS) is 12.0. The van der Waals surface area contributed by atoms with E-state index in [1.807, 2.05) is 0 Å². The van der Waals surface area contributed by atoms with E-state index in [4.69, 9.17) is 0 Å². The van der Waals surface area contributed by atoms with Crippen LogP contribution in [0.25, 0.3) is 0 Å². The summed E-state index contributed by atoms with van der Waals surface area (Å²) < 4.78 is 62.9. The van der Waals surface area contributed by atoms with Crippen LogP contribution in [0.4, 0.5) is 24.5 Å². The molecule has 1 aromatic carbocycles. The van der Waals surface area contributed by atoms with E-state index >= 15 is 0 Å². The van der Waals surface area contributed by atoms with Crippen LogP contribution in [0.1, 0.15) is 18.4 Å². The molecule has 0 saturated heterocycles. The third kappa shape index (κ3) is 6.87. The van der Waals surface area contributed by atoms with Crippen LogP contribution in [-0.4, -0.2) is 34.2 Å². The first-order valence-corrected chi connectivity index (χ1v) is 8.55. The summed E-state index contributed by atoms with van der Waals surface area (Å²) in [5.74, 6) is -0.504. The minimum atomic E-state index is -4.60. The second-order valence-corrected chi connectivity index (χ2v) is 6.64. The van der Waals surface area contributed by atoms with E-state index in [1.54, 1.807) is 7.05 Å². The molecule has 0 aliphatic heterocycles. The molecule has 0 aliphatic rings. The van der Waals surface area contributed by atoms with Crippen LogP contribution in [-0.2, 0) is 21.0 Å². The summed E-state index contributed by atoms with van der Waals surface area (Å²) in [5.41, 5.74) is -1.34. The molecule has 0 aliphatic carbocycles. The average Bonchev–Trinajstić information content (AvgIpc) is 2.38. The second-order valence-electron chi connectivity index (χ2n) is 4.89. The summed E-state index contributed by atoms with van der Waals surface area (Å²) in [6.45, 7) is 0.574. The smallest absolute Gasteiger partial charge is 0.324 e. The van der Waals surface area contributed by atoms with Gasteiger partial charge in [0, 0.05) is 6.42 Å². The summed E-state index contributed by atoms with van der Waals surface area (Å²) in [6, 6.07) is 2.40. The van der Waals surface area contributed by atoms with Crippen molar-refractivity contribution in [3.8, 4) is 0 Å². The van der Waals surface area contributed by atoms with Crippen LogP contribution in [0.5, 0.6) is 0 Å². The highest BCUT2D eigenvalue weighted by atomic mass is 32.2. The van der Waals surface area contributed by atoms with E-state index in [0.29, 0.717) is 19.0 Å². The Morgan fingerprint density at radius 3 is 2.39 bits per heavy atom. The molecule has 0 atom stereocenters. The van der Waals surface area contributed by atoms with Gasteiger partial charge in [-0.05, 0) is 38.2 Å². The Hall–Kier alpha value is -1.81. The first-order chi connectivity index (χ1) is 10.5. The first kappa shape index (κ1) is 19.2. The van der Waals surface area contributed by atoms with Crippen LogP contribution in [0.3, 0.4) is 0 Å². The predicted molar refractivity (Wildman–Crippen MR) is 81.7 cm³/mol. The fourth-order valence-electron chi connectivity index (χ4n) is 1.75. The van der Waals surface area contributed by atoms with E-state index in [0.717, 1.165) is 18.4 Å². The minimum absolute atomic E-state index is 0.0927. The SMILES string of the molecule is CNCCCC(=O)Nc1cc(C(F)(F)F)ccc1NS(C)(=O)=O. The highest BCUT2D eigenvalue weighted by Gasteiger charge is 2.31. The fourth-order valence-corrected chi connectivity index (χ4v) is 2.33. The number of anilines is 2. The molecule has 1 amide bonds. The minimum Gasteiger partial charge on any atom is -0.324 e. The van der Waals surface area contributed by atoms with Gasteiger partial charge in [0.15, 0.2) is 0 Å². The van der Waals surface area contributed by atoms with Gasteiger partial charge < -0.3 is 10.6 Å². The lowest BCUT2D eigenvalue weighted by Crippen LogP contribution is -2.18. The Balaban J connectivity index is 3.05. The van der Waals surface area contributed by atoms with Crippen LogP contribution < -0.4 is 15.4 Å². The number of amides is 1. The van der Waals surface area contributed by atoms with Crippen molar-refractivity contribution in [1.82, 2.24) is 5.32 Å². The molecule has 1 aromatic rings. The number of halogens is 3. The van der Waals surface area contributed by atoms with E-state index in [2.05, 4.69) is 15.4 Å². The van der Waals surface area contributed by atoms with Gasteiger partial charge >= 0.3 is 6.18 Å². The number of rotatable bonds is 7. The van der Waals surface area contributed by atoms with Crippen molar-refractivity contribution in [3.05, 3.63) is 23.8 Å². The third-order valence-electron chi connectivity index (χ3n) is 2.75. The number of nitrogens with one attached hydrogen (secondary N) is 3. The largest absolute Gasteiger partial charge is 0.416 e. The number of hydrogen-bond acceptors (Lipinski definition) is 4. The summed E-state index contributed by atoms with van der Waals surface area (Å²) in [4.78, 5) is 11.8. The van der Waals surface area contributed by atoms with Crippen LogP contribution >= 0.6 is 0 Å². The average molecular weight is 353 g/mol. The molecule has 0 aromatic heterocycles. The molecule has 6 nitrogen and oxygen atoms in total. The number of alkyl halides is 3. The summed E-state index contributed by atoms with van der Waals surface area (Å²) in [5, 5.41) is 5.15. The highest BCUT2D eigenvalue weighted by molar-refractivity contribution is 7.92. The molecule has 0 bridgehead atoms. The number of benzene rings is 1. The van der Waals surface area contributed by atoms with Gasteiger partial charge in [-0.3, -0.25) is 9.52 Å². The molecule has 1 rings (SSSR count). The summed E-state index contributed by atoms with van der Waals surface area (Å²) in [7, 11) is -1.99. The molecule has 3 N–H and O–H groups in total. The third-order valence-corrected chi connectivity index (χ3v) is 3.34. The topological polar surface area (TPSA) is 87.3 Å². The van der Waals surface area contributed by atoms with Crippen LogP contribution in [0.2, 0.25) is 0 Å². The molecule has 0 radical (unpaired) electrons.